The van der Waals surface area contributed by atoms with Gasteiger partial charge >= 0.3 is 0 Å². The molecule has 3 nitrogen and oxygen atoms in total. The molecule has 1 atom stereocenters. The van der Waals surface area contributed by atoms with Crippen molar-refractivity contribution in [2.45, 2.75) is 26.4 Å². The number of nitrogens with zero attached hydrogens (tertiary/aromatic N) is 1. The fourth-order valence-electron chi connectivity index (χ4n) is 1.85. The van der Waals surface area contributed by atoms with Crippen LogP contribution in [0, 0.1) is 0 Å². The van der Waals surface area contributed by atoms with E-state index in [0.29, 0.717) is 6.10 Å². The number of nitrogens with one attached hydrogen (secondary N) is 1. The molecule has 0 bridgehead atoms. The van der Waals surface area contributed by atoms with E-state index in [-0.39, 0.29) is 0 Å². The molecule has 0 amide bonds. The van der Waals surface area contributed by atoms with Gasteiger partial charge in [-0.1, -0.05) is 13.5 Å². The molecule has 3 heteroatoms. The lowest BCUT2D eigenvalue weighted by Crippen LogP contribution is -2.42. The molecule has 0 aromatic carbocycles. The minimum Gasteiger partial charge on any atom is -0.376 e. The lowest BCUT2D eigenvalue weighted by molar-refractivity contribution is -0.0149. The van der Waals surface area contributed by atoms with Gasteiger partial charge in [0.25, 0.3) is 0 Å². The van der Waals surface area contributed by atoms with Crippen LogP contribution in [-0.4, -0.2) is 50.3 Å². The summed E-state index contributed by atoms with van der Waals surface area (Å²) in [5.74, 6) is 0. The van der Waals surface area contributed by atoms with Crippen LogP contribution in [0.15, 0.2) is 12.2 Å². The van der Waals surface area contributed by atoms with Gasteiger partial charge in [0.15, 0.2) is 0 Å². The lowest BCUT2D eigenvalue weighted by atomic mass is 10.2. The molecule has 0 aliphatic carbocycles. The van der Waals surface area contributed by atoms with Crippen LogP contribution in [0.2, 0.25) is 0 Å². The SMILES string of the molecule is C=C(CNCCC)CN1CCOC(C)C1. The maximum atomic E-state index is 5.50. The van der Waals surface area contributed by atoms with Crippen LogP contribution in [-0.2, 0) is 4.74 Å². The van der Waals surface area contributed by atoms with E-state index in [9.17, 15) is 0 Å². The number of hydrogen-bond donors (Lipinski definition) is 1. The van der Waals surface area contributed by atoms with E-state index >= 15 is 0 Å². The Kier molecular flexibility index (Phi) is 5.91. The molecule has 1 N–H and O–H groups in total. The van der Waals surface area contributed by atoms with E-state index in [1.807, 2.05) is 0 Å². The zero-order valence-electron chi connectivity index (χ0n) is 10.1. The predicted octanol–water partition coefficient (Wildman–Crippen LogP) is 1.26. The minimum absolute atomic E-state index is 0.371. The lowest BCUT2D eigenvalue weighted by Gasteiger charge is -2.31. The Morgan fingerprint density at radius 2 is 2.40 bits per heavy atom. The fraction of sp³-hybridized carbons (Fsp3) is 0.833. The summed E-state index contributed by atoms with van der Waals surface area (Å²) in [6.07, 6.45) is 1.55. The summed E-state index contributed by atoms with van der Waals surface area (Å²) in [5.41, 5.74) is 1.28. The van der Waals surface area contributed by atoms with E-state index in [4.69, 9.17) is 4.74 Å². The van der Waals surface area contributed by atoms with Gasteiger partial charge in [0.1, 0.15) is 0 Å². The molecule has 1 unspecified atom stereocenters. The van der Waals surface area contributed by atoms with Crippen LogP contribution in [0.5, 0.6) is 0 Å². The molecule has 1 heterocycles. The van der Waals surface area contributed by atoms with Crippen molar-refractivity contribution in [2.75, 3.05) is 39.3 Å². The van der Waals surface area contributed by atoms with Crippen LogP contribution in [0.4, 0.5) is 0 Å². The van der Waals surface area contributed by atoms with Crippen molar-refractivity contribution >= 4 is 0 Å². The van der Waals surface area contributed by atoms with Gasteiger partial charge in [0.2, 0.25) is 0 Å². The van der Waals surface area contributed by atoms with Gasteiger partial charge in [-0.3, -0.25) is 4.90 Å². The summed E-state index contributed by atoms with van der Waals surface area (Å²) < 4.78 is 5.50. The summed E-state index contributed by atoms with van der Waals surface area (Å²) in [6.45, 7) is 14.4. The second-order valence-electron chi connectivity index (χ2n) is 4.34. The Morgan fingerprint density at radius 1 is 1.60 bits per heavy atom. The Morgan fingerprint density at radius 3 is 3.07 bits per heavy atom. The Balaban J connectivity index is 2.13. The number of hydrogen-bond acceptors (Lipinski definition) is 3. The smallest absolute Gasteiger partial charge is 0.0674 e. The topological polar surface area (TPSA) is 24.5 Å². The highest BCUT2D eigenvalue weighted by molar-refractivity contribution is 5.00. The monoisotopic (exact) mass is 212 g/mol. The normalized spacial score (nSPS) is 22.9. The van der Waals surface area contributed by atoms with E-state index in [1.165, 1.54) is 12.0 Å². The number of morpholine rings is 1. The zero-order valence-corrected chi connectivity index (χ0v) is 10.1. The Labute approximate surface area is 93.5 Å². The van der Waals surface area contributed by atoms with Crippen molar-refractivity contribution in [2.24, 2.45) is 0 Å². The molecule has 0 aromatic rings. The molecule has 1 fully saturated rings. The quantitative estimate of drug-likeness (QED) is 0.530. The first-order chi connectivity index (χ1) is 7.22. The maximum absolute atomic E-state index is 5.50. The van der Waals surface area contributed by atoms with Gasteiger partial charge in [0, 0.05) is 26.2 Å². The van der Waals surface area contributed by atoms with Gasteiger partial charge in [0.05, 0.1) is 12.7 Å². The third-order valence-electron chi connectivity index (χ3n) is 2.57. The van der Waals surface area contributed by atoms with Gasteiger partial charge in [-0.15, -0.1) is 0 Å². The summed E-state index contributed by atoms with van der Waals surface area (Å²) in [4.78, 5) is 2.42. The molecular formula is C12H24N2O. The first kappa shape index (κ1) is 12.7. The molecule has 15 heavy (non-hydrogen) atoms. The standard InChI is InChI=1S/C12H24N2O/c1-4-5-13-8-11(2)9-14-6-7-15-12(3)10-14/h12-13H,2,4-10H2,1,3H3. The minimum atomic E-state index is 0.371. The van der Waals surface area contributed by atoms with Gasteiger partial charge in [-0.2, -0.15) is 0 Å². The van der Waals surface area contributed by atoms with Crippen LogP contribution in [0.1, 0.15) is 20.3 Å². The summed E-state index contributed by atoms with van der Waals surface area (Å²) in [7, 11) is 0. The highest BCUT2D eigenvalue weighted by Crippen LogP contribution is 2.05. The zero-order chi connectivity index (χ0) is 11.1. The molecule has 0 aromatic heterocycles. The molecule has 88 valence electrons. The van der Waals surface area contributed by atoms with Gasteiger partial charge in [-0.25, -0.2) is 0 Å². The van der Waals surface area contributed by atoms with E-state index in [0.717, 1.165) is 39.3 Å². The third kappa shape index (κ3) is 5.30. The summed E-state index contributed by atoms with van der Waals surface area (Å²) >= 11 is 0. The second-order valence-corrected chi connectivity index (χ2v) is 4.34. The Bertz CT molecular complexity index is 194. The number of ether oxygens (including phenoxy) is 1. The first-order valence-electron chi connectivity index (χ1n) is 5.93. The summed E-state index contributed by atoms with van der Waals surface area (Å²) in [5, 5.41) is 3.38. The van der Waals surface area contributed by atoms with Crippen LogP contribution < -0.4 is 5.32 Å². The highest BCUT2D eigenvalue weighted by atomic mass is 16.5. The van der Waals surface area contributed by atoms with E-state index in [1.54, 1.807) is 0 Å². The van der Waals surface area contributed by atoms with Crippen LogP contribution >= 0.6 is 0 Å². The van der Waals surface area contributed by atoms with Crippen molar-refractivity contribution in [3.63, 3.8) is 0 Å². The molecule has 0 radical (unpaired) electrons. The first-order valence-corrected chi connectivity index (χ1v) is 5.93. The number of rotatable bonds is 6. The summed E-state index contributed by atoms with van der Waals surface area (Å²) in [6, 6.07) is 0. The van der Waals surface area contributed by atoms with E-state index in [2.05, 4.69) is 30.6 Å². The largest absolute Gasteiger partial charge is 0.376 e. The van der Waals surface area contributed by atoms with Crippen molar-refractivity contribution in [3.8, 4) is 0 Å². The Hall–Kier alpha value is -0.380. The molecule has 1 saturated heterocycles. The fourth-order valence-corrected chi connectivity index (χ4v) is 1.85. The van der Waals surface area contributed by atoms with Crippen molar-refractivity contribution in [1.29, 1.82) is 0 Å². The van der Waals surface area contributed by atoms with Crippen LogP contribution in [0.25, 0.3) is 0 Å². The highest BCUT2D eigenvalue weighted by Gasteiger charge is 2.16. The van der Waals surface area contributed by atoms with Crippen molar-refractivity contribution in [1.82, 2.24) is 10.2 Å². The van der Waals surface area contributed by atoms with Crippen molar-refractivity contribution in [3.05, 3.63) is 12.2 Å². The average Bonchev–Trinajstić information content (AvgIpc) is 2.18. The van der Waals surface area contributed by atoms with Crippen molar-refractivity contribution < 1.29 is 4.74 Å². The second kappa shape index (κ2) is 6.99. The average molecular weight is 212 g/mol. The molecule has 0 spiro atoms. The maximum Gasteiger partial charge on any atom is 0.0674 e. The molecule has 1 aliphatic rings. The predicted molar refractivity (Wildman–Crippen MR) is 64.2 cm³/mol. The molecular weight excluding hydrogens is 188 g/mol. The van der Waals surface area contributed by atoms with E-state index < -0.39 is 0 Å². The molecule has 1 rings (SSSR count). The van der Waals surface area contributed by atoms with Crippen LogP contribution in [0.3, 0.4) is 0 Å². The van der Waals surface area contributed by atoms with Gasteiger partial charge in [-0.05, 0) is 25.5 Å². The molecule has 1 aliphatic heterocycles. The molecule has 0 saturated carbocycles. The van der Waals surface area contributed by atoms with Gasteiger partial charge < -0.3 is 10.1 Å². The third-order valence-corrected chi connectivity index (χ3v) is 2.57.